The molecule has 0 bridgehead atoms. The van der Waals surface area contributed by atoms with Crippen molar-refractivity contribution < 1.29 is 12.8 Å². The highest BCUT2D eigenvalue weighted by molar-refractivity contribution is 7.89. The summed E-state index contributed by atoms with van der Waals surface area (Å²) in [6.45, 7) is 3.10. The Kier molecular flexibility index (Phi) is 3.87. The van der Waals surface area contributed by atoms with Gasteiger partial charge >= 0.3 is 0 Å². The molecule has 8 heteroatoms. The van der Waals surface area contributed by atoms with Gasteiger partial charge in [0.1, 0.15) is 12.1 Å². The van der Waals surface area contributed by atoms with Crippen molar-refractivity contribution in [3.8, 4) is 0 Å². The summed E-state index contributed by atoms with van der Waals surface area (Å²) in [5.74, 6) is -0.0844. The van der Waals surface area contributed by atoms with Crippen molar-refractivity contribution in [1.29, 1.82) is 0 Å². The SMILES string of the molecule is Cc1cc(F)cc(C)c1S(=O)(=O)NCc1ncn(C)n1. The summed E-state index contributed by atoms with van der Waals surface area (Å²) < 4.78 is 41.7. The van der Waals surface area contributed by atoms with Crippen molar-refractivity contribution in [2.45, 2.75) is 25.3 Å². The molecule has 0 radical (unpaired) electrons. The van der Waals surface area contributed by atoms with Crippen molar-refractivity contribution in [3.05, 3.63) is 41.2 Å². The van der Waals surface area contributed by atoms with Gasteiger partial charge in [0.15, 0.2) is 5.82 Å². The third-order valence-electron chi connectivity index (χ3n) is 2.76. The maximum Gasteiger partial charge on any atom is 0.241 e. The molecule has 0 unspecified atom stereocenters. The number of aromatic nitrogens is 3. The van der Waals surface area contributed by atoms with Crippen LogP contribution in [0, 0.1) is 19.7 Å². The van der Waals surface area contributed by atoms with Crippen LogP contribution in [0.2, 0.25) is 0 Å². The molecule has 0 fully saturated rings. The number of benzene rings is 1. The predicted molar refractivity (Wildman–Crippen MR) is 70.9 cm³/mol. The molecular formula is C12H15FN4O2S. The largest absolute Gasteiger partial charge is 0.256 e. The van der Waals surface area contributed by atoms with Gasteiger partial charge in [-0.05, 0) is 37.1 Å². The van der Waals surface area contributed by atoms with Gasteiger partial charge in [-0.1, -0.05) is 0 Å². The van der Waals surface area contributed by atoms with Gasteiger partial charge in [-0.15, -0.1) is 0 Å². The second kappa shape index (κ2) is 5.29. The third kappa shape index (κ3) is 3.02. The van der Waals surface area contributed by atoms with Crippen LogP contribution in [0.3, 0.4) is 0 Å². The Morgan fingerprint density at radius 1 is 1.30 bits per heavy atom. The number of aryl methyl sites for hydroxylation is 3. The summed E-state index contributed by atoms with van der Waals surface area (Å²) in [5.41, 5.74) is 0.730. The molecule has 0 atom stereocenters. The lowest BCUT2D eigenvalue weighted by atomic mass is 10.1. The Morgan fingerprint density at radius 2 is 1.90 bits per heavy atom. The molecule has 0 amide bonds. The quantitative estimate of drug-likeness (QED) is 0.915. The second-order valence-electron chi connectivity index (χ2n) is 4.53. The molecule has 2 rings (SSSR count). The van der Waals surface area contributed by atoms with E-state index in [2.05, 4.69) is 14.8 Å². The van der Waals surface area contributed by atoms with E-state index >= 15 is 0 Å². The number of rotatable bonds is 4. The molecule has 0 spiro atoms. The van der Waals surface area contributed by atoms with Gasteiger partial charge < -0.3 is 0 Å². The van der Waals surface area contributed by atoms with E-state index in [0.717, 1.165) is 0 Å². The molecule has 0 saturated heterocycles. The van der Waals surface area contributed by atoms with E-state index in [9.17, 15) is 12.8 Å². The molecule has 2 aromatic rings. The van der Waals surface area contributed by atoms with Crippen LogP contribution >= 0.6 is 0 Å². The Morgan fingerprint density at radius 3 is 2.40 bits per heavy atom. The molecule has 1 aromatic carbocycles. The van der Waals surface area contributed by atoms with Crippen molar-refractivity contribution >= 4 is 10.0 Å². The third-order valence-corrected chi connectivity index (χ3v) is 4.47. The van der Waals surface area contributed by atoms with Gasteiger partial charge in [0, 0.05) is 7.05 Å². The minimum Gasteiger partial charge on any atom is -0.256 e. The summed E-state index contributed by atoms with van der Waals surface area (Å²) >= 11 is 0. The number of hydrogen-bond donors (Lipinski definition) is 1. The summed E-state index contributed by atoms with van der Waals surface area (Å²) in [7, 11) is -2.04. The van der Waals surface area contributed by atoms with Gasteiger partial charge in [0.05, 0.1) is 11.4 Å². The summed E-state index contributed by atoms with van der Waals surface area (Å²) in [6.07, 6.45) is 1.48. The topological polar surface area (TPSA) is 76.9 Å². The fraction of sp³-hybridized carbons (Fsp3) is 0.333. The Hall–Kier alpha value is -1.80. The van der Waals surface area contributed by atoms with E-state index in [-0.39, 0.29) is 11.4 Å². The number of nitrogens with one attached hydrogen (secondary N) is 1. The molecule has 1 heterocycles. The minimum atomic E-state index is -3.73. The Balaban J connectivity index is 2.27. The first-order valence-corrected chi connectivity index (χ1v) is 7.39. The van der Waals surface area contributed by atoms with Crippen molar-refractivity contribution in [1.82, 2.24) is 19.5 Å². The Labute approximate surface area is 116 Å². The molecule has 0 aliphatic carbocycles. The van der Waals surface area contributed by atoms with E-state index < -0.39 is 15.8 Å². The zero-order chi connectivity index (χ0) is 14.9. The molecule has 108 valence electrons. The van der Waals surface area contributed by atoms with Crippen LogP contribution in [0.4, 0.5) is 4.39 Å². The average molecular weight is 298 g/mol. The highest BCUT2D eigenvalue weighted by atomic mass is 32.2. The van der Waals surface area contributed by atoms with Crippen LogP contribution < -0.4 is 4.72 Å². The molecule has 6 nitrogen and oxygen atoms in total. The fourth-order valence-electron chi connectivity index (χ4n) is 2.02. The molecule has 0 saturated carbocycles. The fourth-order valence-corrected chi connectivity index (χ4v) is 3.45. The van der Waals surface area contributed by atoms with Crippen molar-refractivity contribution in [2.24, 2.45) is 7.05 Å². The zero-order valence-corrected chi connectivity index (χ0v) is 12.2. The van der Waals surface area contributed by atoms with Gasteiger partial charge in [-0.3, -0.25) is 4.68 Å². The summed E-state index contributed by atoms with van der Waals surface area (Å²) in [4.78, 5) is 4.03. The van der Waals surface area contributed by atoms with Crippen LogP contribution in [0.25, 0.3) is 0 Å². The van der Waals surface area contributed by atoms with Crippen LogP contribution in [0.15, 0.2) is 23.4 Å². The minimum absolute atomic E-state index is 0.0145. The van der Waals surface area contributed by atoms with Crippen LogP contribution in [-0.4, -0.2) is 23.2 Å². The highest BCUT2D eigenvalue weighted by Crippen LogP contribution is 2.21. The van der Waals surface area contributed by atoms with E-state index in [4.69, 9.17) is 0 Å². The number of nitrogens with zero attached hydrogens (tertiary/aromatic N) is 3. The lowest BCUT2D eigenvalue weighted by Crippen LogP contribution is -2.25. The maximum absolute atomic E-state index is 13.2. The van der Waals surface area contributed by atoms with E-state index in [1.165, 1.54) is 23.1 Å². The zero-order valence-electron chi connectivity index (χ0n) is 11.4. The second-order valence-corrected chi connectivity index (χ2v) is 6.23. The molecule has 1 aromatic heterocycles. The van der Waals surface area contributed by atoms with Crippen molar-refractivity contribution in [2.75, 3.05) is 0 Å². The molecule has 0 aliphatic heterocycles. The maximum atomic E-state index is 13.2. The van der Waals surface area contributed by atoms with Gasteiger partial charge in [-0.2, -0.15) is 5.10 Å². The molecule has 20 heavy (non-hydrogen) atoms. The van der Waals surface area contributed by atoms with Gasteiger partial charge in [0.2, 0.25) is 10.0 Å². The number of hydrogen-bond acceptors (Lipinski definition) is 4. The smallest absolute Gasteiger partial charge is 0.241 e. The highest BCUT2D eigenvalue weighted by Gasteiger charge is 2.20. The van der Waals surface area contributed by atoms with Crippen LogP contribution in [-0.2, 0) is 23.6 Å². The van der Waals surface area contributed by atoms with Gasteiger partial charge in [-0.25, -0.2) is 22.5 Å². The average Bonchev–Trinajstić information content (AvgIpc) is 2.71. The van der Waals surface area contributed by atoms with Crippen molar-refractivity contribution in [3.63, 3.8) is 0 Å². The number of halogens is 1. The lowest BCUT2D eigenvalue weighted by molar-refractivity contribution is 0.576. The van der Waals surface area contributed by atoms with Gasteiger partial charge in [0.25, 0.3) is 0 Å². The monoisotopic (exact) mass is 298 g/mol. The standard InChI is InChI=1S/C12H15FN4O2S/c1-8-4-10(13)5-9(2)12(8)20(18,19)15-6-11-14-7-17(3)16-11/h4-5,7,15H,6H2,1-3H3. The van der Waals surface area contributed by atoms with E-state index in [1.807, 2.05) is 0 Å². The molecule has 1 N–H and O–H groups in total. The lowest BCUT2D eigenvalue weighted by Gasteiger charge is -2.11. The first kappa shape index (κ1) is 14.6. The normalized spacial score (nSPS) is 11.8. The molecular weight excluding hydrogens is 283 g/mol. The summed E-state index contributed by atoms with van der Waals surface area (Å²) in [5, 5.41) is 3.99. The van der Waals surface area contributed by atoms with E-state index in [0.29, 0.717) is 17.0 Å². The number of sulfonamides is 1. The first-order chi connectivity index (χ1) is 9.29. The summed E-state index contributed by atoms with van der Waals surface area (Å²) in [6, 6.07) is 2.39. The first-order valence-electron chi connectivity index (χ1n) is 5.90. The van der Waals surface area contributed by atoms with Crippen LogP contribution in [0.5, 0.6) is 0 Å². The van der Waals surface area contributed by atoms with E-state index in [1.54, 1.807) is 20.9 Å². The van der Waals surface area contributed by atoms with Crippen LogP contribution in [0.1, 0.15) is 17.0 Å². The molecule has 0 aliphatic rings. The predicted octanol–water partition coefficient (Wildman–Crippen LogP) is 1.05. The Bertz CT molecular complexity index is 717.